The zero-order valence-corrected chi connectivity index (χ0v) is 22.2. The summed E-state index contributed by atoms with van der Waals surface area (Å²) in [7, 11) is 1.32. The monoisotopic (exact) mass is 562 g/mol. The van der Waals surface area contributed by atoms with Gasteiger partial charge in [-0.1, -0.05) is 41.9 Å². The lowest BCUT2D eigenvalue weighted by molar-refractivity contribution is -0.119. The SMILES string of the molecule is COc1cn([C@@H](Cc2ccccc2)C(=O)Nc2ccc(C(=O)O)cc2)c(=O)cc1-c1c(C(C)=O)ccc(Cl)c1F. The predicted octanol–water partition coefficient (Wildman–Crippen LogP) is 5.64. The molecule has 1 amide bonds. The minimum Gasteiger partial charge on any atom is -0.495 e. The van der Waals surface area contributed by atoms with Gasteiger partial charge in [0, 0.05) is 34.9 Å². The van der Waals surface area contributed by atoms with Crippen LogP contribution in [0.25, 0.3) is 11.1 Å². The van der Waals surface area contributed by atoms with Gasteiger partial charge in [-0.3, -0.25) is 19.0 Å². The van der Waals surface area contributed by atoms with Crippen molar-refractivity contribution in [2.24, 2.45) is 0 Å². The number of pyridine rings is 1. The van der Waals surface area contributed by atoms with Crippen molar-refractivity contribution >= 4 is 34.9 Å². The molecule has 4 aromatic rings. The van der Waals surface area contributed by atoms with Gasteiger partial charge in [0.1, 0.15) is 17.6 Å². The van der Waals surface area contributed by atoms with Gasteiger partial charge < -0.3 is 15.2 Å². The van der Waals surface area contributed by atoms with Gasteiger partial charge in [-0.05, 0) is 48.9 Å². The van der Waals surface area contributed by atoms with Crippen molar-refractivity contribution in [3.63, 3.8) is 0 Å². The number of aromatic carboxylic acids is 1. The third kappa shape index (κ3) is 5.94. The Kier molecular flexibility index (Phi) is 8.45. The number of Topliss-reactive ketones (excluding diaryl/α,β-unsaturated/α-hetero) is 1. The molecule has 0 saturated heterocycles. The fourth-order valence-corrected chi connectivity index (χ4v) is 4.47. The average Bonchev–Trinajstić information content (AvgIpc) is 2.94. The zero-order valence-electron chi connectivity index (χ0n) is 21.5. The number of anilines is 1. The Morgan fingerprint density at radius 2 is 1.73 bits per heavy atom. The highest BCUT2D eigenvalue weighted by molar-refractivity contribution is 6.31. The number of carbonyl (C=O) groups is 3. The van der Waals surface area contributed by atoms with Crippen LogP contribution < -0.4 is 15.6 Å². The molecule has 0 unspecified atom stereocenters. The third-order valence-corrected chi connectivity index (χ3v) is 6.61. The number of rotatable bonds is 9. The minimum atomic E-state index is -1.11. The normalized spacial score (nSPS) is 11.5. The molecule has 3 aromatic carbocycles. The molecular formula is C30H24ClFN2O6. The summed E-state index contributed by atoms with van der Waals surface area (Å²) in [5, 5.41) is 11.6. The van der Waals surface area contributed by atoms with Crippen LogP contribution in [0.3, 0.4) is 0 Å². The third-order valence-electron chi connectivity index (χ3n) is 6.32. The number of nitrogens with one attached hydrogen (secondary N) is 1. The van der Waals surface area contributed by atoms with E-state index >= 15 is 4.39 Å². The molecule has 40 heavy (non-hydrogen) atoms. The van der Waals surface area contributed by atoms with E-state index in [1.165, 1.54) is 61.2 Å². The zero-order chi connectivity index (χ0) is 29.0. The number of methoxy groups -OCH3 is 1. The topological polar surface area (TPSA) is 115 Å². The van der Waals surface area contributed by atoms with Gasteiger partial charge in [-0.2, -0.15) is 0 Å². The molecule has 1 heterocycles. The Hall–Kier alpha value is -4.76. The number of nitrogens with zero attached hydrogens (tertiary/aromatic N) is 1. The van der Waals surface area contributed by atoms with Gasteiger partial charge in [-0.25, -0.2) is 9.18 Å². The van der Waals surface area contributed by atoms with E-state index in [1.54, 1.807) is 24.3 Å². The summed E-state index contributed by atoms with van der Waals surface area (Å²) in [4.78, 5) is 50.5. The number of carboxylic acids is 1. The summed E-state index contributed by atoms with van der Waals surface area (Å²) in [6, 6.07) is 17.3. The second-order valence-electron chi connectivity index (χ2n) is 8.92. The maximum Gasteiger partial charge on any atom is 0.335 e. The summed E-state index contributed by atoms with van der Waals surface area (Å²) in [6.07, 6.45) is 1.41. The highest BCUT2D eigenvalue weighted by Crippen LogP contribution is 2.37. The van der Waals surface area contributed by atoms with E-state index in [9.17, 15) is 19.2 Å². The smallest absolute Gasteiger partial charge is 0.335 e. The standard InChI is InChI=1S/C30H24ClFN2O6/c1-17(35)21-12-13-23(31)28(32)27(21)22-15-26(36)34(16-25(22)40-2)24(14-18-6-4-3-5-7-18)29(37)33-20-10-8-19(9-11-20)30(38)39/h3-13,15-16,24H,14H2,1-2H3,(H,33,37)(H,38,39)/t24-/m0/s1. The van der Waals surface area contributed by atoms with Crippen LogP contribution in [-0.4, -0.2) is 34.4 Å². The Balaban J connectivity index is 1.82. The van der Waals surface area contributed by atoms with Crippen LogP contribution in [-0.2, 0) is 11.2 Å². The Morgan fingerprint density at radius 1 is 1.05 bits per heavy atom. The van der Waals surface area contributed by atoms with Crippen molar-refractivity contribution in [1.29, 1.82) is 0 Å². The number of carbonyl (C=O) groups excluding carboxylic acids is 2. The van der Waals surface area contributed by atoms with Gasteiger partial charge in [-0.15, -0.1) is 0 Å². The van der Waals surface area contributed by atoms with Crippen molar-refractivity contribution in [3.05, 3.63) is 117 Å². The molecule has 0 aliphatic heterocycles. The fourth-order valence-electron chi connectivity index (χ4n) is 4.31. The number of ketones is 1. The maximum atomic E-state index is 15.2. The summed E-state index contributed by atoms with van der Waals surface area (Å²) in [5.74, 6) is -2.94. The number of amides is 1. The molecule has 0 saturated carbocycles. The molecule has 4 rings (SSSR count). The summed E-state index contributed by atoms with van der Waals surface area (Å²) in [5.41, 5.74) is 0.340. The molecule has 8 nitrogen and oxygen atoms in total. The number of halogens is 2. The van der Waals surface area contributed by atoms with E-state index in [4.69, 9.17) is 21.4 Å². The van der Waals surface area contributed by atoms with E-state index in [0.717, 1.165) is 11.6 Å². The molecule has 0 bridgehead atoms. The Labute approximate surface area is 233 Å². The molecule has 0 aliphatic rings. The number of hydrogen-bond acceptors (Lipinski definition) is 5. The number of hydrogen-bond donors (Lipinski definition) is 2. The van der Waals surface area contributed by atoms with Crippen LogP contribution in [0.1, 0.15) is 39.2 Å². The fraction of sp³-hybridized carbons (Fsp3) is 0.133. The van der Waals surface area contributed by atoms with E-state index in [1.807, 2.05) is 6.07 Å². The van der Waals surface area contributed by atoms with Crippen molar-refractivity contribution in [3.8, 4) is 16.9 Å². The maximum absolute atomic E-state index is 15.2. The van der Waals surface area contributed by atoms with Crippen molar-refractivity contribution < 1.29 is 28.6 Å². The van der Waals surface area contributed by atoms with Crippen LogP contribution in [0.2, 0.25) is 5.02 Å². The second kappa shape index (κ2) is 12.0. The lowest BCUT2D eigenvalue weighted by Gasteiger charge is -2.22. The highest BCUT2D eigenvalue weighted by atomic mass is 35.5. The molecule has 10 heteroatoms. The first kappa shape index (κ1) is 28.3. The highest BCUT2D eigenvalue weighted by Gasteiger charge is 2.26. The van der Waals surface area contributed by atoms with E-state index in [-0.39, 0.29) is 39.4 Å². The number of carboxylic acid groups (broad SMARTS) is 1. The average molecular weight is 563 g/mol. The minimum absolute atomic E-state index is 0.0112. The Bertz CT molecular complexity index is 1650. The van der Waals surface area contributed by atoms with Crippen LogP contribution in [0.5, 0.6) is 5.75 Å². The molecule has 204 valence electrons. The first-order valence-electron chi connectivity index (χ1n) is 12.1. The number of ether oxygens (including phenoxy) is 1. The van der Waals surface area contributed by atoms with Gasteiger partial charge >= 0.3 is 5.97 Å². The summed E-state index contributed by atoms with van der Waals surface area (Å²) < 4.78 is 21.9. The lowest BCUT2D eigenvalue weighted by Crippen LogP contribution is -2.34. The van der Waals surface area contributed by atoms with Crippen molar-refractivity contribution in [2.75, 3.05) is 12.4 Å². The van der Waals surface area contributed by atoms with Gasteiger partial charge in [0.05, 0.1) is 23.9 Å². The second-order valence-corrected chi connectivity index (χ2v) is 9.33. The molecule has 0 fully saturated rings. The van der Waals surface area contributed by atoms with Gasteiger partial charge in [0.2, 0.25) is 5.91 Å². The molecule has 0 spiro atoms. The number of aromatic nitrogens is 1. The van der Waals surface area contributed by atoms with E-state index in [0.29, 0.717) is 5.69 Å². The van der Waals surface area contributed by atoms with Crippen molar-refractivity contribution in [1.82, 2.24) is 4.57 Å². The molecule has 2 N–H and O–H groups in total. The van der Waals surface area contributed by atoms with E-state index < -0.39 is 35.1 Å². The molecule has 0 radical (unpaired) electrons. The first-order valence-corrected chi connectivity index (χ1v) is 12.5. The molecule has 1 aromatic heterocycles. The van der Waals surface area contributed by atoms with Gasteiger partial charge in [0.15, 0.2) is 5.78 Å². The molecule has 0 aliphatic carbocycles. The van der Waals surface area contributed by atoms with Crippen LogP contribution in [0.15, 0.2) is 83.8 Å². The number of benzene rings is 3. The van der Waals surface area contributed by atoms with Crippen molar-refractivity contribution in [2.45, 2.75) is 19.4 Å². The summed E-state index contributed by atoms with van der Waals surface area (Å²) in [6.45, 7) is 1.27. The Morgan fingerprint density at radius 3 is 2.33 bits per heavy atom. The largest absolute Gasteiger partial charge is 0.495 e. The van der Waals surface area contributed by atoms with E-state index in [2.05, 4.69) is 5.32 Å². The lowest BCUT2D eigenvalue weighted by atomic mass is 9.96. The van der Waals surface area contributed by atoms with Crippen LogP contribution in [0.4, 0.5) is 10.1 Å². The van der Waals surface area contributed by atoms with Crippen LogP contribution >= 0.6 is 11.6 Å². The quantitative estimate of drug-likeness (QED) is 0.255. The molecule has 1 atom stereocenters. The predicted molar refractivity (Wildman–Crippen MR) is 149 cm³/mol. The molecular weight excluding hydrogens is 539 g/mol. The van der Waals surface area contributed by atoms with Crippen LogP contribution in [0, 0.1) is 5.82 Å². The summed E-state index contributed by atoms with van der Waals surface area (Å²) >= 11 is 6.00. The first-order chi connectivity index (χ1) is 19.1. The van der Waals surface area contributed by atoms with Gasteiger partial charge in [0.25, 0.3) is 5.56 Å².